The maximum atomic E-state index is 3.43. The quantitative estimate of drug-likeness (QED) is 0.463. The molecule has 0 amide bonds. The molecule has 0 aliphatic rings. The summed E-state index contributed by atoms with van der Waals surface area (Å²) < 4.78 is 1.25. The van der Waals surface area contributed by atoms with Crippen molar-refractivity contribution in [1.29, 1.82) is 0 Å². The van der Waals surface area contributed by atoms with Crippen LogP contribution >= 0.6 is 22.6 Å². The van der Waals surface area contributed by atoms with Gasteiger partial charge >= 0.3 is 0 Å². The highest BCUT2D eigenvalue weighted by molar-refractivity contribution is 14.1. The van der Waals surface area contributed by atoms with Gasteiger partial charge in [-0.1, -0.05) is 23.4 Å². The smallest absolute Gasteiger partial charge is 0.0628 e. The third-order valence-electron chi connectivity index (χ3n) is 0.874. The highest BCUT2D eigenvalue weighted by Crippen LogP contribution is 1.96. The molecule has 8 heavy (non-hydrogen) atoms. The van der Waals surface area contributed by atoms with Gasteiger partial charge in [0.05, 0.1) is 10.2 Å². The lowest BCUT2D eigenvalue weighted by molar-refractivity contribution is 1.71. The van der Waals surface area contributed by atoms with Crippen LogP contribution in [0.15, 0.2) is 24.3 Å². The zero-order valence-electron chi connectivity index (χ0n) is 4.19. The second kappa shape index (κ2) is 2.64. The minimum absolute atomic E-state index is 1.16. The molecule has 1 aromatic carbocycles. The highest BCUT2D eigenvalue weighted by atomic mass is 127. The molecular formula is C6H4ISi. The van der Waals surface area contributed by atoms with Gasteiger partial charge in [0.25, 0.3) is 0 Å². The lowest BCUT2D eigenvalue weighted by atomic mass is 10.4. The van der Waals surface area contributed by atoms with Crippen LogP contribution in [0, 0.1) is 3.57 Å². The topological polar surface area (TPSA) is 0 Å². The molecule has 0 aliphatic carbocycles. The Morgan fingerprint density at radius 2 is 1.88 bits per heavy atom. The van der Waals surface area contributed by atoms with Crippen LogP contribution in [0.2, 0.25) is 0 Å². The summed E-state index contributed by atoms with van der Waals surface area (Å²) in [6.07, 6.45) is 0. The third-order valence-corrected chi connectivity index (χ3v) is 2.76. The van der Waals surface area contributed by atoms with Gasteiger partial charge in [-0.25, -0.2) is 0 Å². The first kappa shape index (κ1) is 6.29. The summed E-state index contributed by atoms with van der Waals surface area (Å²) >= 11 is 2.28. The molecule has 0 saturated carbocycles. The number of halogens is 1. The summed E-state index contributed by atoms with van der Waals surface area (Å²) in [5, 5.41) is 1.16. The van der Waals surface area contributed by atoms with Crippen molar-refractivity contribution in [2.45, 2.75) is 0 Å². The Hall–Kier alpha value is 0.167. The molecule has 0 bridgehead atoms. The van der Waals surface area contributed by atoms with Crippen molar-refractivity contribution in [3.05, 3.63) is 27.8 Å². The van der Waals surface area contributed by atoms with Gasteiger partial charge in [0.2, 0.25) is 0 Å². The molecule has 39 valence electrons. The summed E-state index contributed by atoms with van der Waals surface area (Å²) in [6.45, 7) is 0. The average Bonchev–Trinajstić information content (AvgIpc) is 1.77. The van der Waals surface area contributed by atoms with Crippen molar-refractivity contribution in [3.8, 4) is 0 Å². The zero-order chi connectivity index (χ0) is 5.98. The van der Waals surface area contributed by atoms with Crippen molar-refractivity contribution in [1.82, 2.24) is 0 Å². The first-order valence-corrected chi connectivity index (χ1v) is 3.85. The van der Waals surface area contributed by atoms with E-state index in [4.69, 9.17) is 0 Å². The van der Waals surface area contributed by atoms with Gasteiger partial charge in [0.15, 0.2) is 0 Å². The van der Waals surface area contributed by atoms with Crippen molar-refractivity contribution in [2.75, 3.05) is 0 Å². The minimum Gasteiger partial charge on any atom is -0.0628 e. The molecule has 0 aromatic heterocycles. The minimum atomic E-state index is 1.16. The predicted octanol–water partition coefficient (Wildman–Crippen LogP) is 1.08. The van der Waals surface area contributed by atoms with Gasteiger partial charge in [-0.2, -0.15) is 0 Å². The molecule has 0 heterocycles. The van der Waals surface area contributed by atoms with E-state index in [1.165, 1.54) is 3.57 Å². The monoisotopic (exact) mass is 231 g/mol. The molecule has 0 nitrogen and oxygen atoms in total. The predicted molar refractivity (Wildman–Crippen MR) is 44.5 cm³/mol. The number of hydrogen-bond donors (Lipinski definition) is 0. The fraction of sp³-hybridized carbons (Fsp3) is 0. The van der Waals surface area contributed by atoms with Crippen LogP contribution in [0.3, 0.4) is 0 Å². The van der Waals surface area contributed by atoms with E-state index in [9.17, 15) is 0 Å². The van der Waals surface area contributed by atoms with Crippen LogP contribution in [-0.4, -0.2) is 10.2 Å². The van der Waals surface area contributed by atoms with Gasteiger partial charge in [-0.15, -0.1) is 0 Å². The van der Waals surface area contributed by atoms with Gasteiger partial charge in [-0.3, -0.25) is 0 Å². The lowest BCUT2D eigenvalue weighted by Gasteiger charge is -1.91. The van der Waals surface area contributed by atoms with Crippen molar-refractivity contribution < 1.29 is 0 Å². The Kier molecular flexibility index (Phi) is 2.07. The summed E-state index contributed by atoms with van der Waals surface area (Å²) in [5.41, 5.74) is 0. The average molecular weight is 231 g/mol. The molecule has 0 saturated heterocycles. The Morgan fingerprint density at radius 3 is 2.25 bits per heavy atom. The van der Waals surface area contributed by atoms with E-state index < -0.39 is 0 Å². The second-order valence-electron chi connectivity index (χ2n) is 1.48. The normalized spacial score (nSPS) is 9.25. The van der Waals surface area contributed by atoms with Gasteiger partial charge in [0, 0.05) is 3.57 Å². The van der Waals surface area contributed by atoms with Crippen molar-refractivity contribution >= 4 is 38.0 Å². The first-order chi connectivity index (χ1) is 3.80. The Morgan fingerprint density at radius 1 is 1.25 bits per heavy atom. The van der Waals surface area contributed by atoms with Gasteiger partial charge < -0.3 is 0 Å². The molecule has 0 fully saturated rings. The van der Waals surface area contributed by atoms with E-state index in [0.717, 1.165) is 5.19 Å². The Bertz CT molecular complexity index is 165. The fourth-order valence-electron chi connectivity index (χ4n) is 0.461. The summed E-state index contributed by atoms with van der Waals surface area (Å²) in [4.78, 5) is 0. The molecule has 0 spiro atoms. The van der Waals surface area contributed by atoms with E-state index >= 15 is 0 Å². The third kappa shape index (κ3) is 1.32. The summed E-state index contributed by atoms with van der Waals surface area (Å²) in [6, 6.07) is 8.11. The van der Waals surface area contributed by atoms with E-state index in [1.54, 1.807) is 0 Å². The Balaban J connectivity index is 3.13. The van der Waals surface area contributed by atoms with E-state index in [2.05, 4.69) is 38.9 Å². The molecule has 0 N–H and O–H groups in total. The van der Waals surface area contributed by atoms with Crippen molar-refractivity contribution in [3.63, 3.8) is 0 Å². The standard InChI is InChI=1S/C6H4ISi/c7-5-3-1-2-4-6(5)8/h1-4H. The van der Waals surface area contributed by atoms with E-state index in [0.29, 0.717) is 0 Å². The van der Waals surface area contributed by atoms with E-state index in [-0.39, 0.29) is 0 Å². The molecule has 0 unspecified atom stereocenters. The van der Waals surface area contributed by atoms with E-state index in [1.807, 2.05) is 18.2 Å². The summed E-state index contributed by atoms with van der Waals surface area (Å²) in [7, 11) is 3.43. The second-order valence-corrected chi connectivity index (χ2v) is 3.18. The van der Waals surface area contributed by atoms with Crippen LogP contribution in [0.1, 0.15) is 0 Å². The van der Waals surface area contributed by atoms with Crippen LogP contribution < -0.4 is 5.19 Å². The number of hydrogen-bond acceptors (Lipinski definition) is 0. The maximum Gasteiger partial charge on any atom is 0.0726 e. The molecule has 0 atom stereocenters. The molecular weight excluding hydrogens is 227 g/mol. The Labute approximate surface area is 65.9 Å². The van der Waals surface area contributed by atoms with Crippen LogP contribution in [0.4, 0.5) is 0 Å². The molecule has 3 radical (unpaired) electrons. The summed E-state index contributed by atoms with van der Waals surface area (Å²) in [5.74, 6) is 0. The van der Waals surface area contributed by atoms with Crippen LogP contribution in [0.25, 0.3) is 0 Å². The lowest BCUT2D eigenvalue weighted by Crippen LogP contribution is -2.04. The largest absolute Gasteiger partial charge is 0.0726 e. The molecule has 1 aromatic rings. The SMILES string of the molecule is [Si]c1ccccc1I. The number of benzene rings is 1. The zero-order valence-corrected chi connectivity index (χ0v) is 7.34. The fourth-order valence-corrected chi connectivity index (χ4v) is 1.03. The maximum absolute atomic E-state index is 3.43. The van der Waals surface area contributed by atoms with Crippen molar-refractivity contribution in [2.24, 2.45) is 0 Å². The van der Waals surface area contributed by atoms with Crippen LogP contribution in [-0.2, 0) is 0 Å². The number of rotatable bonds is 0. The van der Waals surface area contributed by atoms with Crippen LogP contribution in [0.5, 0.6) is 0 Å². The van der Waals surface area contributed by atoms with Gasteiger partial charge in [-0.05, 0) is 28.7 Å². The molecule has 1 rings (SSSR count). The molecule has 2 heteroatoms. The highest BCUT2D eigenvalue weighted by Gasteiger charge is 1.86. The first-order valence-electron chi connectivity index (χ1n) is 2.27. The molecule has 0 aliphatic heterocycles. The van der Waals surface area contributed by atoms with Gasteiger partial charge in [0.1, 0.15) is 0 Å².